The Hall–Kier alpha value is -2.82. The van der Waals surface area contributed by atoms with Crippen molar-refractivity contribution >= 4 is 17.5 Å². The number of benzene rings is 2. The first-order chi connectivity index (χ1) is 11.1. The van der Waals surface area contributed by atoms with Gasteiger partial charge in [-0.05, 0) is 36.8 Å². The van der Waals surface area contributed by atoms with Gasteiger partial charge in [0.25, 0.3) is 0 Å². The first kappa shape index (κ1) is 16.5. The number of ether oxygens (including phenoxy) is 1. The quantitative estimate of drug-likeness (QED) is 0.806. The molecule has 0 fully saturated rings. The van der Waals surface area contributed by atoms with Gasteiger partial charge < -0.3 is 15.4 Å². The van der Waals surface area contributed by atoms with Gasteiger partial charge in [0.2, 0.25) is 11.8 Å². The zero-order valence-corrected chi connectivity index (χ0v) is 13.3. The van der Waals surface area contributed by atoms with Crippen LogP contribution in [-0.2, 0) is 16.1 Å². The first-order valence-electron chi connectivity index (χ1n) is 7.33. The van der Waals surface area contributed by atoms with Crippen LogP contribution in [0, 0.1) is 6.92 Å². The summed E-state index contributed by atoms with van der Waals surface area (Å²) in [7, 11) is 1.58. The molecule has 0 spiro atoms. The number of amides is 2. The summed E-state index contributed by atoms with van der Waals surface area (Å²) in [6, 6.07) is 14.8. The molecule has 0 unspecified atom stereocenters. The average molecular weight is 312 g/mol. The Bertz CT molecular complexity index is 681. The molecular weight excluding hydrogens is 292 g/mol. The molecule has 2 aromatic rings. The van der Waals surface area contributed by atoms with Gasteiger partial charge in [-0.3, -0.25) is 9.59 Å². The highest BCUT2D eigenvalue weighted by molar-refractivity contribution is 6.03. The molecule has 23 heavy (non-hydrogen) atoms. The van der Waals surface area contributed by atoms with E-state index in [0.717, 1.165) is 11.1 Å². The van der Waals surface area contributed by atoms with E-state index < -0.39 is 0 Å². The lowest BCUT2D eigenvalue weighted by atomic mass is 10.1. The minimum atomic E-state index is -0.350. The van der Waals surface area contributed by atoms with Gasteiger partial charge in [0.1, 0.15) is 12.2 Å². The van der Waals surface area contributed by atoms with Crippen LogP contribution in [0.3, 0.4) is 0 Å². The van der Waals surface area contributed by atoms with Gasteiger partial charge in [0, 0.05) is 12.2 Å². The lowest BCUT2D eigenvalue weighted by Gasteiger charge is -2.08. The van der Waals surface area contributed by atoms with Gasteiger partial charge in [-0.1, -0.05) is 29.8 Å². The number of hydrogen-bond donors (Lipinski definition) is 2. The third-order valence-corrected chi connectivity index (χ3v) is 3.27. The molecule has 0 saturated carbocycles. The summed E-state index contributed by atoms with van der Waals surface area (Å²) < 4.78 is 5.04. The molecule has 120 valence electrons. The van der Waals surface area contributed by atoms with Gasteiger partial charge >= 0.3 is 0 Å². The Balaban J connectivity index is 1.78. The van der Waals surface area contributed by atoms with Crippen molar-refractivity contribution < 1.29 is 14.3 Å². The fraction of sp³-hybridized carbons (Fsp3) is 0.222. The standard InChI is InChI=1S/C18H20N2O3/c1-13-4-3-5-14(10-13)12-19-17(21)11-18(22)20-15-6-8-16(23-2)9-7-15/h3-10H,11-12H2,1-2H3,(H,19,21)(H,20,22). The van der Waals surface area contributed by atoms with Crippen molar-refractivity contribution in [1.82, 2.24) is 5.32 Å². The van der Waals surface area contributed by atoms with Crippen molar-refractivity contribution in [3.8, 4) is 5.75 Å². The maximum absolute atomic E-state index is 11.8. The number of anilines is 1. The number of methoxy groups -OCH3 is 1. The van der Waals surface area contributed by atoms with Gasteiger partial charge in [0.05, 0.1) is 7.11 Å². The number of carbonyl (C=O) groups excluding carboxylic acids is 2. The van der Waals surface area contributed by atoms with Gasteiger partial charge in [-0.15, -0.1) is 0 Å². The summed E-state index contributed by atoms with van der Waals surface area (Å²) in [5, 5.41) is 5.42. The molecule has 2 rings (SSSR count). The minimum absolute atomic E-state index is 0.210. The molecule has 2 amide bonds. The highest BCUT2D eigenvalue weighted by Gasteiger charge is 2.09. The Morgan fingerprint density at radius 1 is 1.04 bits per heavy atom. The molecule has 0 radical (unpaired) electrons. The van der Waals surface area contributed by atoms with Crippen LogP contribution in [0.25, 0.3) is 0 Å². The van der Waals surface area contributed by atoms with Crippen molar-refractivity contribution in [3.63, 3.8) is 0 Å². The lowest BCUT2D eigenvalue weighted by Crippen LogP contribution is -2.27. The second kappa shape index (κ2) is 7.98. The molecule has 0 aliphatic rings. The van der Waals surface area contributed by atoms with E-state index in [9.17, 15) is 9.59 Å². The van der Waals surface area contributed by atoms with E-state index in [1.165, 1.54) is 0 Å². The molecular formula is C18H20N2O3. The molecule has 2 aromatic carbocycles. The third-order valence-electron chi connectivity index (χ3n) is 3.27. The predicted molar refractivity (Wildman–Crippen MR) is 89.3 cm³/mol. The largest absolute Gasteiger partial charge is 0.497 e. The number of aryl methyl sites for hydroxylation is 1. The van der Waals surface area contributed by atoms with Crippen molar-refractivity contribution in [2.45, 2.75) is 19.9 Å². The Morgan fingerprint density at radius 3 is 2.43 bits per heavy atom. The zero-order chi connectivity index (χ0) is 16.7. The summed E-state index contributed by atoms with van der Waals surface area (Å²) in [6.45, 7) is 2.41. The van der Waals surface area contributed by atoms with E-state index in [-0.39, 0.29) is 18.2 Å². The zero-order valence-electron chi connectivity index (χ0n) is 13.3. The second-order valence-electron chi connectivity index (χ2n) is 5.22. The van der Waals surface area contributed by atoms with E-state index in [1.54, 1.807) is 31.4 Å². The minimum Gasteiger partial charge on any atom is -0.497 e. The van der Waals surface area contributed by atoms with Crippen LogP contribution < -0.4 is 15.4 Å². The molecule has 0 saturated heterocycles. The molecule has 5 nitrogen and oxygen atoms in total. The van der Waals surface area contributed by atoms with Gasteiger partial charge in [0.15, 0.2) is 0 Å². The maximum Gasteiger partial charge on any atom is 0.233 e. The smallest absolute Gasteiger partial charge is 0.233 e. The molecule has 0 aromatic heterocycles. The van der Waals surface area contributed by atoms with Crippen LogP contribution in [0.1, 0.15) is 17.5 Å². The first-order valence-corrected chi connectivity index (χ1v) is 7.33. The molecule has 0 bridgehead atoms. The van der Waals surface area contributed by atoms with E-state index in [1.807, 2.05) is 31.2 Å². The fourth-order valence-corrected chi connectivity index (χ4v) is 2.11. The molecule has 0 aliphatic heterocycles. The lowest BCUT2D eigenvalue weighted by molar-refractivity contribution is -0.126. The van der Waals surface area contributed by atoms with Crippen molar-refractivity contribution in [2.75, 3.05) is 12.4 Å². The Labute approximate surface area is 135 Å². The summed E-state index contributed by atoms with van der Waals surface area (Å²) in [5.74, 6) is 0.0494. The molecule has 5 heteroatoms. The summed E-state index contributed by atoms with van der Waals surface area (Å²) in [5.41, 5.74) is 2.77. The maximum atomic E-state index is 11.8. The van der Waals surface area contributed by atoms with E-state index in [4.69, 9.17) is 4.74 Å². The summed E-state index contributed by atoms with van der Waals surface area (Å²) in [6.07, 6.45) is -0.210. The Kier molecular flexibility index (Phi) is 5.74. The van der Waals surface area contributed by atoms with Crippen molar-refractivity contribution in [2.24, 2.45) is 0 Å². The molecule has 2 N–H and O–H groups in total. The third kappa shape index (κ3) is 5.47. The summed E-state index contributed by atoms with van der Waals surface area (Å²) in [4.78, 5) is 23.7. The molecule has 0 heterocycles. The average Bonchev–Trinajstić information content (AvgIpc) is 2.53. The summed E-state index contributed by atoms with van der Waals surface area (Å²) >= 11 is 0. The highest BCUT2D eigenvalue weighted by atomic mass is 16.5. The number of hydrogen-bond acceptors (Lipinski definition) is 3. The van der Waals surface area contributed by atoms with Crippen LogP contribution in [0.5, 0.6) is 5.75 Å². The second-order valence-corrected chi connectivity index (χ2v) is 5.22. The topological polar surface area (TPSA) is 67.4 Å². The molecule has 0 atom stereocenters. The normalized spacial score (nSPS) is 10.0. The SMILES string of the molecule is COc1ccc(NC(=O)CC(=O)NCc2cccc(C)c2)cc1. The predicted octanol–water partition coefficient (Wildman–Crippen LogP) is 2.65. The molecule has 0 aliphatic carbocycles. The van der Waals surface area contributed by atoms with Gasteiger partial charge in [-0.25, -0.2) is 0 Å². The van der Waals surface area contributed by atoms with E-state index in [0.29, 0.717) is 18.0 Å². The van der Waals surface area contributed by atoms with Crippen molar-refractivity contribution in [3.05, 3.63) is 59.7 Å². The number of carbonyl (C=O) groups is 2. The highest BCUT2D eigenvalue weighted by Crippen LogP contribution is 2.15. The monoisotopic (exact) mass is 312 g/mol. The number of rotatable bonds is 6. The van der Waals surface area contributed by atoms with Crippen LogP contribution in [0.15, 0.2) is 48.5 Å². The Morgan fingerprint density at radius 2 is 1.78 bits per heavy atom. The van der Waals surface area contributed by atoms with Gasteiger partial charge in [-0.2, -0.15) is 0 Å². The van der Waals surface area contributed by atoms with Crippen LogP contribution in [0.2, 0.25) is 0 Å². The van der Waals surface area contributed by atoms with E-state index >= 15 is 0 Å². The van der Waals surface area contributed by atoms with Crippen LogP contribution in [-0.4, -0.2) is 18.9 Å². The fourth-order valence-electron chi connectivity index (χ4n) is 2.11. The van der Waals surface area contributed by atoms with Crippen molar-refractivity contribution in [1.29, 1.82) is 0 Å². The van der Waals surface area contributed by atoms with E-state index in [2.05, 4.69) is 10.6 Å². The van der Waals surface area contributed by atoms with Crippen LogP contribution >= 0.6 is 0 Å². The van der Waals surface area contributed by atoms with Crippen LogP contribution in [0.4, 0.5) is 5.69 Å². The number of nitrogens with one attached hydrogen (secondary N) is 2.